The van der Waals surface area contributed by atoms with Gasteiger partial charge >= 0.3 is 0 Å². The van der Waals surface area contributed by atoms with E-state index >= 15 is 0 Å². The summed E-state index contributed by atoms with van der Waals surface area (Å²) in [6, 6.07) is 16.3. The minimum absolute atomic E-state index is 0.0499. The number of hydrogen-bond donors (Lipinski definition) is 0. The van der Waals surface area contributed by atoms with Crippen molar-refractivity contribution in [3.05, 3.63) is 66.0 Å². The molecule has 1 aliphatic rings. The molecule has 2 heterocycles. The predicted octanol–water partition coefficient (Wildman–Crippen LogP) is 4.79. The van der Waals surface area contributed by atoms with Crippen LogP contribution in [0.4, 0.5) is 4.39 Å². The molecule has 33 heavy (non-hydrogen) atoms. The van der Waals surface area contributed by atoms with E-state index in [1.165, 1.54) is 23.9 Å². The average Bonchev–Trinajstić information content (AvgIpc) is 3.47. The zero-order valence-electron chi connectivity index (χ0n) is 19.0. The van der Waals surface area contributed by atoms with Crippen molar-refractivity contribution in [2.45, 2.75) is 57.1 Å². The minimum atomic E-state index is -0.295. The number of nitrogens with zero attached hydrogens (tertiary/aromatic N) is 4. The highest BCUT2D eigenvalue weighted by molar-refractivity contribution is 7.99. The van der Waals surface area contributed by atoms with Crippen molar-refractivity contribution in [1.82, 2.24) is 19.7 Å². The summed E-state index contributed by atoms with van der Waals surface area (Å²) in [5, 5.41) is 9.41. The van der Waals surface area contributed by atoms with Crippen LogP contribution in [-0.2, 0) is 22.6 Å². The van der Waals surface area contributed by atoms with E-state index in [1.54, 1.807) is 12.1 Å². The van der Waals surface area contributed by atoms with Crippen LogP contribution in [0.5, 0.6) is 0 Å². The molecule has 174 valence electrons. The summed E-state index contributed by atoms with van der Waals surface area (Å²) >= 11 is 1.38. The molecule has 0 aliphatic carbocycles. The van der Waals surface area contributed by atoms with Gasteiger partial charge in [-0.25, -0.2) is 4.39 Å². The normalized spacial score (nSPS) is 15.8. The van der Waals surface area contributed by atoms with Crippen LogP contribution in [-0.4, -0.2) is 50.1 Å². The second kappa shape index (κ2) is 10.9. The maximum atomic E-state index is 13.4. The van der Waals surface area contributed by atoms with Crippen LogP contribution in [0.3, 0.4) is 0 Å². The van der Waals surface area contributed by atoms with Crippen LogP contribution in [0, 0.1) is 5.82 Å². The lowest BCUT2D eigenvalue weighted by Crippen LogP contribution is -2.37. The number of aromatic nitrogens is 3. The smallest absolute Gasteiger partial charge is 0.233 e. The summed E-state index contributed by atoms with van der Waals surface area (Å²) in [6.45, 7) is 5.98. The highest BCUT2D eigenvalue weighted by atomic mass is 32.2. The Labute approximate surface area is 198 Å². The van der Waals surface area contributed by atoms with Crippen molar-refractivity contribution in [1.29, 1.82) is 0 Å². The highest BCUT2D eigenvalue weighted by Gasteiger charge is 2.24. The Balaban J connectivity index is 1.51. The van der Waals surface area contributed by atoms with Gasteiger partial charge in [0.1, 0.15) is 5.82 Å². The van der Waals surface area contributed by atoms with Crippen LogP contribution in [0.15, 0.2) is 59.8 Å². The van der Waals surface area contributed by atoms with Gasteiger partial charge < -0.3 is 9.64 Å². The lowest BCUT2D eigenvalue weighted by Gasteiger charge is -2.27. The molecule has 1 unspecified atom stereocenters. The summed E-state index contributed by atoms with van der Waals surface area (Å²) < 4.78 is 21.3. The van der Waals surface area contributed by atoms with Gasteiger partial charge in [0.25, 0.3) is 0 Å². The van der Waals surface area contributed by atoms with E-state index in [-0.39, 0.29) is 29.6 Å². The first-order valence-electron chi connectivity index (χ1n) is 11.3. The molecule has 0 saturated carbocycles. The summed E-state index contributed by atoms with van der Waals surface area (Å²) in [6.07, 6.45) is 2.09. The number of ether oxygens (including phenoxy) is 1. The van der Waals surface area contributed by atoms with Crippen molar-refractivity contribution in [2.24, 2.45) is 0 Å². The number of rotatable bonds is 9. The molecule has 1 saturated heterocycles. The molecular formula is C25H29FN4O2S. The van der Waals surface area contributed by atoms with Gasteiger partial charge in [-0.3, -0.25) is 9.36 Å². The first-order chi connectivity index (χ1) is 16.0. The van der Waals surface area contributed by atoms with Crippen LogP contribution in [0.1, 0.15) is 32.3 Å². The number of halogens is 1. The lowest BCUT2D eigenvalue weighted by molar-refractivity contribution is -0.130. The van der Waals surface area contributed by atoms with E-state index in [0.717, 1.165) is 30.6 Å². The fourth-order valence-electron chi connectivity index (χ4n) is 3.91. The molecule has 0 spiro atoms. The van der Waals surface area contributed by atoms with E-state index < -0.39 is 0 Å². The van der Waals surface area contributed by atoms with Crippen LogP contribution in [0.2, 0.25) is 0 Å². The molecule has 1 aromatic heterocycles. The van der Waals surface area contributed by atoms with Gasteiger partial charge in [-0.2, -0.15) is 0 Å². The Kier molecular flexibility index (Phi) is 7.77. The SMILES string of the molecule is CC(C)N(Cc1ccccc1)C(=O)CSc1nnc(-c2ccc(F)cc2)n1CC1CCCO1. The van der Waals surface area contributed by atoms with E-state index in [4.69, 9.17) is 4.74 Å². The summed E-state index contributed by atoms with van der Waals surface area (Å²) in [4.78, 5) is 15.0. The monoisotopic (exact) mass is 468 g/mol. The second-order valence-electron chi connectivity index (χ2n) is 8.45. The third-order valence-corrected chi connectivity index (χ3v) is 6.65. The Bertz CT molecular complexity index is 1050. The maximum absolute atomic E-state index is 13.4. The van der Waals surface area contributed by atoms with Gasteiger partial charge in [-0.15, -0.1) is 10.2 Å². The van der Waals surface area contributed by atoms with Gasteiger partial charge in [-0.1, -0.05) is 42.1 Å². The molecule has 2 aromatic carbocycles. The first-order valence-corrected chi connectivity index (χ1v) is 12.3. The molecule has 6 nitrogen and oxygen atoms in total. The molecule has 0 N–H and O–H groups in total. The quantitative estimate of drug-likeness (QED) is 0.423. The van der Waals surface area contributed by atoms with E-state index in [0.29, 0.717) is 24.1 Å². The fraction of sp³-hybridized carbons (Fsp3) is 0.400. The Morgan fingerprint density at radius 3 is 2.61 bits per heavy atom. The molecule has 1 amide bonds. The minimum Gasteiger partial charge on any atom is -0.376 e. The number of amides is 1. The van der Waals surface area contributed by atoms with Gasteiger partial charge in [0.05, 0.1) is 18.4 Å². The summed E-state index contributed by atoms with van der Waals surface area (Å²) in [5.74, 6) is 0.675. The first kappa shape index (κ1) is 23.4. The third-order valence-electron chi connectivity index (χ3n) is 5.69. The van der Waals surface area contributed by atoms with Crippen molar-refractivity contribution >= 4 is 17.7 Å². The number of thioether (sulfide) groups is 1. The third kappa shape index (κ3) is 6.00. The fourth-order valence-corrected chi connectivity index (χ4v) is 4.75. The van der Waals surface area contributed by atoms with Gasteiger partial charge in [0.15, 0.2) is 11.0 Å². The number of carbonyl (C=O) groups excluding carboxylic acids is 1. The number of hydrogen-bond acceptors (Lipinski definition) is 5. The maximum Gasteiger partial charge on any atom is 0.233 e. The van der Waals surface area contributed by atoms with E-state index in [2.05, 4.69) is 10.2 Å². The van der Waals surface area contributed by atoms with Gasteiger partial charge in [-0.05, 0) is 56.5 Å². The van der Waals surface area contributed by atoms with Crippen molar-refractivity contribution in [3.63, 3.8) is 0 Å². The molecular weight excluding hydrogens is 439 g/mol. The van der Waals surface area contributed by atoms with Crippen LogP contribution in [0.25, 0.3) is 11.4 Å². The van der Waals surface area contributed by atoms with Crippen LogP contribution < -0.4 is 0 Å². The van der Waals surface area contributed by atoms with Gasteiger partial charge in [0, 0.05) is 24.8 Å². The van der Waals surface area contributed by atoms with E-state index in [1.807, 2.05) is 53.6 Å². The van der Waals surface area contributed by atoms with E-state index in [9.17, 15) is 9.18 Å². The Morgan fingerprint density at radius 1 is 1.18 bits per heavy atom. The number of carbonyl (C=O) groups is 1. The topological polar surface area (TPSA) is 60.2 Å². The Morgan fingerprint density at radius 2 is 1.94 bits per heavy atom. The molecule has 1 atom stereocenters. The zero-order valence-corrected chi connectivity index (χ0v) is 19.8. The largest absolute Gasteiger partial charge is 0.376 e. The van der Waals surface area contributed by atoms with Crippen molar-refractivity contribution in [3.8, 4) is 11.4 Å². The van der Waals surface area contributed by atoms with Crippen molar-refractivity contribution in [2.75, 3.05) is 12.4 Å². The average molecular weight is 469 g/mol. The summed E-state index contributed by atoms with van der Waals surface area (Å²) in [5.41, 5.74) is 1.89. The van der Waals surface area contributed by atoms with Crippen molar-refractivity contribution < 1.29 is 13.9 Å². The molecule has 3 aromatic rings. The number of benzene rings is 2. The lowest BCUT2D eigenvalue weighted by atomic mass is 10.2. The standard InChI is InChI=1S/C25H29FN4O2S/c1-18(2)29(15-19-7-4-3-5-8-19)23(31)17-33-25-28-27-24(20-10-12-21(26)13-11-20)30(25)16-22-9-6-14-32-22/h3-5,7-8,10-13,18,22H,6,9,14-17H2,1-2H3. The highest BCUT2D eigenvalue weighted by Crippen LogP contribution is 2.27. The molecule has 8 heteroatoms. The second-order valence-corrected chi connectivity index (χ2v) is 9.39. The molecule has 0 bridgehead atoms. The molecule has 0 radical (unpaired) electrons. The molecule has 4 rings (SSSR count). The Hall–Kier alpha value is -2.71. The van der Waals surface area contributed by atoms with Crippen LogP contribution >= 0.6 is 11.8 Å². The predicted molar refractivity (Wildman–Crippen MR) is 127 cm³/mol. The zero-order chi connectivity index (χ0) is 23.2. The molecule has 1 aliphatic heterocycles. The molecule has 1 fully saturated rings. The van der Waals surface area contributed by atoms with Gasteiger partial charge in [0.2, 0.25) is 5.91 Å². The summed E-state index contributed by atoms with van der Waals surface area (Å²) in [7, 11) is 0.